The number of para-hydroxylation sites is 1. The zero-order valence-electron chi connectivity index (χ0n) is 10.5. The number of amides is 2. The Bertz CT molecular complexity index is 519. The number of phenolic OH excluding ortho intramolecular Hbond substituents is 1. The van der Waals surface area contributed by atoms with E-state index < -0.39 is 6.04 Å². The molecular formula is C13H15ClN2O3. The smallest absolute Gasteiger partial charge is 0.246 e. The van der Waals surface area contributed by atoms with Crippen molar-refractivity contribution in [3.8, 4) is 5.75 Å². The number of phenols is 1. The van der Waals surface area contributed by atoms with Gasteiger partial charge in [0.2, 0.25) is 11.8 Å². The number of piperidine rings is 1. The van der Waals surface area contributed by atoms with Crippen LogP contribution in [-0.2, 0) is 16.1 Å². The molecule has 1 saturated heterocycles. The minimum Gasteiger partial charge on any atom is -0.506 e. The normalized spacial score (nSPS) is 19.9. The van der Waals surface area contributed by atoms with Crippen LogP contribution < -0.4 is 5.32 Å². The lowest BCUT2D eigenvalue weighted by Crippen LogP contribution is -2.51. The zero-order chi connectivity index (χ0) is 14.0. The molecule has 6 heteroatoms. The van der Waals surface area contributed by atoms with Crippen molar-refractivity contribution in [3.05, 3.63) is 28.8 Å². The third-order valence-corrected chi connectivity index (χ3v) is 3.56. The van der Waals surface area contributed by atoms with E-state index in [1.807, 2.05) is 0 Å². The van der Waals surface area contributed by atoms with Gasteiger partial charge in [0.05, 0.1) is 11.1 Å². The van der Waals surface area contributed by atoms with Crippen molar-refractivity contribution in [2.45, 2.75) is 25.4 Å². The van der Waals surface area contributed by atoms with Crippen molar-refractivity contribution in [3.63, 3.8) is 0 Å². The van der Waals surface area contributed by atoms with Gasteiger partial charge < -0.3 is 10.4 Å². The Balaban J connectivity index is 2.01. The Labute approximate surface area is 116 Å². The van der Waals surface area contributed by atoms with Gasteiger partial charge >= 0.3 is 0 Å². The van der Waals surface area contributed by atoms with Gasteiger partial charge in [0, 0.05) is 25.6 Å². The molecule has 2 rings (SSSR count). The summed E-state index contributed by atoms with van der Waals surface area (Å²) in [6, 6.07) is 4.66. The summed E-state index contributed by atoms with van der Waals surface area (Å²) < 4.78 is 0. The van der Waals surface area contributed by atoms with Gasteiger partial charge in [-0.1, -0.05) is 23.7 Å². The molecule has 0 aliphatic carbocycles. The third kappa shape index (κ3) is 2.88. The molecule has 1 aliphatic rings. The lowest BCUT2D eigenvalue weighted by Gasteiger charge is -2.28. The molecule has 0 bridgehead atoms. The highest BCUT2D eigenvalue weighted by Crippen LogP contribution is 2.27. The number of nitrogens with one attached hydrogen (secondary N) is 1. The van der Waals surface area contributed by atoms with Crippen LogP contribution in [0.2, 0.25) is 5.02 Å². The van der Waals surface area contributed by atoms with Crippen LogP contribution in [0.25, 0.3) is 0 Å². The van der Waals surface area contributed by atoms with Crippen LogP contribution in [0.4, 0.5) is 0 Å². The Morgan fingerprint density at radius 3 is 2.95 bits per heavy atom. The number of benzene rings is 1. The van der Waals surface area contributed by atoms with Crippen LogP contribution in [0.3, 0.4) is 0 Å². The summed E-state index contributed by atoms with van der Waals surface area (Å²) in [4.78, 5) is 24.3. The molecule has 1 atom stereocenters. The summed E-state index contributed by atoms with van der Waals surface area (Å²) in [6.07, 6.45) is 0.824. The van der Waals surface area contributed by atoms with Crippen LogP contribution in [0, 0.1) is 0 Å². The molecule has 1 unspecified atom stereocenters. The second-order valence-corrected chi connectivity index (χ2v) is 4.92. The lowest BCUT2D eigenvalue weighted by molar-refractivity contribution is -0.148. The summed E-state index contributed by atoms with van der Waals surface area (Å²) >= 11 is 5.81. The number of rotatable bonds is 3. The topological polar surface area (TPSA) is 69.6 Å². The summed E-state index contributed by atoms with van der Waals surface area (Å²) in [7, 11) is 1.48. The number of nitrogens with zero attached hydrogens (tertiary/aromatic N) is 1. The fraction of sp³-hybridized carbons (Fsp3) is 0.385. The molecule has 19 heavy (non-hydrogen) atoms. The molecule has 1 aliphatic heterocycles. The Hall–Kier alpha value is -1.59. The van der Waals surface area contributed by atoms with Gasteiger partial charge in [-0.2, -0.15) is 0 Å². The van der Waals surface area contributed by atoms with Crippen LogP contribution in [0.1, 0.15) is 18.4 Å². The van der Waals surface area contributed by atoms with Crippen molar-refractivity contribution in [1.82, 2.24) is 10.2 Å². The molecule has 102 valence electrons. The number of carbonyl (C=O) groups is 2. The number of carbonyl (C=O) groups excluding carboxylic acids is 2. The molecule has 1 fully saturated rings. The number of imide groups is 1. The highest BCUT2D eigenvalue weighted by atomic mass is 35.5. The molecule has 5 nitrogen and oxygen atoms in total. The number of likely N-dealkylation sites (tertiary alicyclic amines) is 1. The Kier molecular flexibility index (Phi) is 4.07. The number of aromatic hydroxyl groups is 1. The van der Waals surface area contributed by atoms with Crippen molar-refractivity contribution < 1.29 is 14.7 Å². The van der Waals surface area contributed by atoms with Crippen molar-refractivity contribution in [2.75, 3.05) is 7.05 Å². The van der Waals surface area contributed by atoms with E-state index >= 15 is 0 Å². The molecule has 0 aromatic heterocycles. The number of hydrogen-bond donors (Lipinski definition) is 2. The molecule has 1 aromatic rings. The van der Waals surface area contributed by atoms with Crippen LogP contribution >= 0.6 is 11.6 Å². The highest BCUT2D eigenvalue weighted by Gasteiger charge is 2.31. The van der Waals surface area contributed by atoms with Gasteiger partial charge in [-0.25, -0.2) is 0 Å². The number of halogens is 1. The Morgan fingerprint density at radius 1 is 1.47 bits per heavy atom. The SMILES string of the molecule is CN1C(=O)CCC(NCc2cccc(Cl)c2O)C1=O. The van der Waals surface area contributed by atoms with E-state index in [1.54, 1.807) is 18.2 Å². The van der Waals surface area contributed by atoms with E-state index in [4.69, 9.17) is 11.6 Å². The summed E-state index contributed by atoms with van der Waals surface area (Å²) in [5.41, 5.74) is 0.625. The zero-order valence-corrected chi connectivity index (χ0v) is 11.3. The van der Waals surface area contributed by atoms with Gasteiger partial charge in [0.15, 0.2) is 0 Å². The summed E-state index contributed by atoms with van der Waals surface area (Å²) in [5.74, 6) is -0.379. The molecule has 1 aromatic carbocycles. The third-order valence-electron chi connectivity index (χ3n) is 3.26. The van der Waals surface area contributed by atoms with Crippen molar-refractivity contribution in [2.24, 2.45) is 0 Å². The second-order valence-electron chi connectivity index (χ2n) is 4.51. The van der Waals surface area contributed by atoms with E-state index in [9.17, 15) is 14.7 Å². The van der Waals surface area contributed by atoms with E-state index in [-0.39, 0.29) is 22.6 Å². The van der Waals surface area contributed by atoms with Crippen LogP contribution in [0.5, 0.6) is 5.75 Å². The van der Waals surface area contributed by atoms with E-state index in [2.05, 4.69) is 5.32 Å². The summed E-state index contributed by atoms with van der Waals surface area (Å²) in [6.45, 7) is 0.324. The van der Waals surface area contributed by atoms with Gasteiger partial charge in [-0.3, -0.25) is 14.5 Å². The van der Waals surface area contributed by atoms with E-state index in [0.29, 0.717) is 24.9 Å². The van der Waals surface area contributed by atoms with Crippen LogP contribution in [-0.4, -0.2) is 34.9 Å². The minimum absolute atomic E-state index is 0.0179. The minimum atomic E-state index is -0.402. The van der Waals surface area contributed by atoms with Crippen molar-refractivity contribution in [1.29, 1.82) is 0 Å². The maximum Gasteiger partial charge on any atom is 0.246 e. The highest BCUT2D eigenvalue weighted by molar-refractivity contribution is 6.32. The quantitative estimate of drug-likeness (QED) is 0.820. The average Bonchev–Trinajstić information content (AvgIpc) is 2.40. The number of hydrogen-bond acceptors (Lipinski definition) is 4. The van der Waals surface area contributed by atoms with Gasteiger partial charge in [-0.05, 0) is 12.5 Å². The first-order chi connectivity index (χ1) is 9.00. The molecule has 2 amide bonds. The first-order valence-corrected chi connectivity index (χ1v) is 6.38. The fourth-order valence-electron chi connectivity index (χ4n) is 2.04. The Morgan fingerprint density at radius 2 is 2.21 bits per heavy atom. The van der Waals surface area contributed by atoms with Crippen molar-refractivity contribution >= 4 is 23.4 Å². The fourth-order valence-corrected chi connectivity index (χ4v) is 2.23. The van der Waals surface area contributed by atoms with Crippen LogP contribution in [0.15, 0.2) is 18.2 Å². The largest absolute Gasteiger partial charge is 0.506 e. The first-order valence-electron chi connectivity index (χ1n) is 6.01. The molecule has 2 N–H and O–H groups in total. The maximum absolute atomic E-state index is 11.9. The number of likely N-dealkylation sites (N-methyl/N-ethyl adjacent to an activating group) is 1. The maximum atomic E-state index is 11.9. The van der Waals surface area contributed by atoms with Gasteiger partial charge in [0.25, 0.3) is 0 Å². The summed E-state index contributed by atoms with van der Waals surface area (Å²) in [5, 5.41) is 13.1. The predicted octanol–water partition coefficient (Wildman–Crippen LogP) is 1.28. The van der Waals surface area contributed by atoms with Gasteiger partial charge in [-0.15, -0.1) is 0 Å². The van der Waals surface area contributed by atoms with Gasteiger partial charge in [0.1, 0.15) is 5.75 Å². The molecule has 1 heterocycles. The van der Waals surface area contributed by atoms with E-state index in [1.165, 1.54) is 7.05 Å². The monoisotopic (exact) mass is 282 g/mol. The lowest BCUT2D eigenvalue weighted by atomic mass is 10.0. The molecule has 0 saturated carbocycles. The first kappa shape index (κ1) is 13.8. The molecular weight excluding hydrogens is 268 g/mol. The molecule has 0 spiro atoms. The standard InChI is InChI=1S/C13H15ClN2O3/c1-16-11(17)6-5-10(13(16)19)15-7-8-3-2-4-9(14)12(8)18/h2-4,10,15,18H,5-7H2,1H3. The van der Waals surface area contributed by atoms with E-state index in [0.717, 1.165) is 4.90 Å². The predicted molar refractivity (Wildman–Crippen MR) is 70.8 cm³/mol. The second kappa shape index (κ2) is 5.59. The average molecular weight is 283 g/mol. The molecule has 0 radical (unpaired) electrons.